The third-order valence-electron chi connectivity index (χ3n) is 4.42. The molecular formula is C18H39N. The smallest absolute Gasteiger partial charge is 0.00695 e. The summed E-state index contributed by atoms with van der Waals surface area (Å²) in [6.45, 7) is 10.3. The summed E-state index contributed by atoms with van der Waals surface area (Å²) in [5.74, 6) is 0.925. The lowest BCUT2D eigenvalue weighted by Crippen LogP contribution is -2.30. The first-order chi connectivity index (χ1) is 9.28. The predicted molar refractivity (Wildman–Crippen MR) is 88.8 cm³/mol. The van der Waals surface area contributed by atoms with Crippen LogP contribution in [0.3, 0.4) is 0 Å². The number of rotatable bonds is 14. The summed E-state index contributed by atoms with van der Waals surface area (Å²) in [6.07, 6.45) is 15.4. The van der Waals surface area contributed by atoms with E-state index in [4.69, 9.17) is 0 Å². The molecule has 0 saturated heterocycles. The van der Waals surface area contributed by atoms with Gasteiger partial charge in [-0.1, -0.05) is 85.5 Å². The van der Waals surface area contributed by atoms with Gasteiger partial charge < -0.3 is 5.32 Å². The Morgan fingerprint density at radius 2 is 1.32 bits per heavy atom. The van der Waals surface area contributed by atoms with Gasteiger partial charge in [-0.15, -0.1) is 0 Å². The molecule has 0 aromatic carbocycles. The summed E-state index contributed by atoms with van der Waals surface area (Å²) >= 11 is 0. The van der Waals surface area contributed by atoms with Gasteiger partial charge in [0.05, 0.1) is 0 Å². The molecule has 0 radical (unpaired) electrons. The molecule has 19 heavy (non-hydrogen) atoms. The molecule has 0 aromatic heterocycles. The van der Waals surface area contributed by atoms with E-state index in [1.807, 2.05) is 0 Å². The van der Waals surface area contributed by atoms with Crippen LogP contribution in [0.4, 0.5) is 0 Å². The van der Waals surface area contributed by atoms with Gasteiger partial charge in [-0.05, 0) is 25.3 Å². The summed E-state index contributed by atoms with van der Waals surface area (Å²) < 4.78 is 0. The fourth-order valence-corrected chi connectivity index (χ4v) is 2.96. The van der Waals surface area contributed by atoms with Crippen molar-refractivity contribution in [2.75, 3.05) is 6.54 Å². The minimum atomic E-state index is 0.769. The second kappa shape index (κ2) is 14.4. The van der Waals surface area contributed by atoms with Crippen LogP contribution in [-0.2, 0) is 0 Å². The zero-order chi connectivity index (χ0) is 14.3. The lowest BCUT2D eigenvalue weighted by molar-refractivity contribution is 0.347. The van der Waals surface area contributed by atoms with Crippen molar-refractivity contribution >= 4 is 0 Å². The first-order valence-corrected chi connectivity index (χ1v) is 9.01. The highest BCUT2D eigenvalue weighted by atomic mass is 14.9. The summed E-state index contributed by atoms with van der Waals surface area (Å²) in [7, 11) is 0. The normalized spacial score (nSPS) is 13.1. The van der Waals surface area contributed by atoms with Crippen molar-refractivity contribution in [2.45, 2.75) is 104 Å². The molecule has 0 bridgehead atoms. The van der Waals surface area contributed by atoms with Gasteiger partial charge in [0.25, 0.3) is 0 Å². The average molecular weight is 270 g/mol. The average Bonchev–Trinajstić information content (AvgIpc) is 2.43. The largest absolute Gasteiger partial charge is 0.314 e. The highest BCUT2D eigenvalue weighted by molar-refractivity contribution is 4.70. The van der Waals surface area contributed by atoms with Crippen molar-refractivity contribution < 1.29 is 0 Å². The zero-order valence-electron chi connectivity index (χ0n) is 14.1. The Bertz CT molecular complexity index is 163. The molecule has 1 nitrogen and oxygen atoms in total. The lowest BCUT2D eigenvalue weighted by Gasteiger charge is -2.22. The number of hydrogen-bond acceptors (Lipinski definition) is 1. The Morgan fingerprint density at radius 3 is 1.84 bits per heavy atom. The maximum atomic E-state index is 3.69. The standard InChI is InChI=1S/C18H39N/c1-5-9-10-11-12-13-14-15-18(19-8-4)16-17(6-2)7-3/h17-19H,5-16H2,1-4H3. The number of hydrogen-bond donors (Lipinski definition) is 1. The van der Waals surface area contributed by atoms with Gasteiger partial charge in [-0.25, -0.2) is 0 Å². The molecule has 1 heteroatoms. The molecule has 0 rings (SSSR count). The molecule has 0 fully saturated rings. The molecule has 0 aliphatic rings. The van der Waals surface area contributed by atoms with Crippen LogP contribution in [0.25, 0.3) is 0 Å². The summed E-state index contributed by atoms with van der Waals surface area (Å²) in [4.78, 5) is 0. The van der Waals surface area contributed by atoms with Gasteiger partial charge in [-0.2, -0.15) is 0 Å². The molecule has 0 heterocycles. The maximum Gasteiger partial charge on any atom is 0.00695 e. The predicted octanol–water partition coefficient (Wildman–Crippen LogP) is 5.93. The van der Waals surface area contributed by atoms with Crippen molar-refractivity contribution in [3.8, 4) is 0 Å². The van der Waals surface area contributed by atoms with E-state index in [0.29, 0.717) is 0 Å². The van der Waals surface area contributed by atoms with E-state index in [9.17, 15) is 0 Å². The minimum absolute atomic E-state index is 0.769. The van der Waals surface area contributed by atoms with Crippen molar-refractivity contribution in [1.29, 1.82) is 0 Å². The Morgan fingerprint density at radius 1 is 0.737 bits per heavy atom. The fraction of sp³-hybridized carbons (Fsp3) is 1.00. The van der Waals surface area contributed by atoms with Crippen molar-refractivity contribution in [2.24, 2.45) is 5.92 Å². The Balaban J connectivity index is 3.64. The highest BCUT2D eigenvalue weighted by Gasteiger charge is 2.12. The Labute approximate surface area is 122 Å². The molecule has 1 atom stereocenters. The monoisotopic (exact) mass is 269 g/mol. The van der Waals surface area contributed by atoms with Crippen LogP contribution in [0.5, 0.6) is 0 Å². The molecular weight excluding hydrogens is 230 g/mol. The van der Waals surface area contributed by atoms with Crippen LogP contribution in [0.1, 0.15) is 98.3 Å². The second-order valence-corrected chi connectivity index (χ2v) is 6.08. The topological polar surface area (TPSA) is 12.0 Å². The van der Waals surface area contributed by atoms with Crippen molar-refractivity contribution in [3.63, 3.8) is 0 Å². The van der Waals surface area contributed by atoms with Gasteiger partial charge in [-0.3, -0.25) is 0 Å². The van der Waals surface area contributed by atoms with Gasteiger partial charge in [0.15, 0.2) is 0 Å². The van der Waals surface area contributed by atoms with E-state index < -0.39 is 0 Å². The van der Waals surface area contributed by atoms with Crippen LogP contribution < -0.4 is 5.32 Å². The first kappa shape index (κ1) is 19.0. The third-order valence-corrected chi connectivity index (χ3v) is 4.42. The van der Waals surface area contributed by atoms with Crippen LogP contribution in [0.15, 0.2) is 0 Å². The molecule has 1 N–H and O–H groups in total. The number of unbranched alkanes of at least 4 members (excludes halogenated alkanes) is 6. The molecule has 0 spiro atoms. The highest BCUT2D eigenvalue weighted by Crippen LogP contribution is 2.19. The SMILES string of the molecule is CCCCCCCCCC(CC(CC)CC)NCC. The Kier molecular flexibility index (Phi) is 14.3. The molecule has 116 valence electrons. The quantitative estimate of drug-likeness (QED) is 0.385. The molecule has 1 unspecified atom stereocenters. The van der Waals surface area contributed by atoms with Crippen LogP contribution in [0, 0.1) is 5.92 Å². The maximum absolute atomic E-state index is 3.69. The van der Waals surface area contributed by atoms with E-state index in [-0.39, 0.29) is 0 Å². The zero-order valence-corrected chi connectivity index (χ0v) is 14.1. The Hall–Kier alpha value is -0.0400. The summed E-state index contributed by atoms with van der Waals surface area (Å²) in [6, 6.07) is 0.769. The molecule has 0 saturated carbocycles. The third kappa shape index (κ3) is 11.5. The van der Waals surface area contributed by atoms with Gasteiger partial charge >= 0.3 is 0 Å². The number of nitrogens with one attached hydrogen (secondary N) is 1. The van der Waals surface area contributed by atoms with Crippen LogP contribution in [-0.4, -0.2) is 12.6 Å². The van der Waals surface area contributed by atoms with Crippen molar-refractivity contribution in [3.05, 3.63) is 0 Å². The summed E-state index contributed by atoms with van der Waals surface area (Å²) in [5, 5.41) is 3.69. The van der Waals surface area contributed by atoms with E-state index in [1.54, 1.807) is 0 Å². The fourth-order valence-electron chi connectivity index (χ4n) is 2.96. The molecule has 0 amide bonds. The minimum Gasteiger partial charge on any atom is -0.314 e. The lowest BCUT2D eigenvalue weighted by atomic mass is 9.92. The van der Waals surface area contributed by atoms with E-state index >= 15 is 0 Å². The van der Waals surface area contributed by atoms with Gasteiger partial charge in [0.1, 0.15) is 0 Å². The molecule has 0 aromatic rings. The van der Waals surface area contributed by atoms with E-state index in [2.05, 4.69) is 33.0 Å². The molecule has 0 aliphatic heterocycles. The van der Waals surface area contributed by atoms with Crippen LogP contribution in [0.2, 0.25) is 0 Å². The van der Waals surface area contributed by atoms with Gasteiger partial charge in [0, 0.05) is 6.04 Å². The van der Waals surface area contributed by atoms with Crippen molar-refractivity contribution in [1.82, 2.24) is 5.32 Å². The summed E-state index contributed by atoms with van der Waals surface area (Å²) in [5.41, 5.74) is 0. The first-order valence-electron chi connectivity index (χ1n) is 9.01. The van der Waals surface area contributed by atoms with Gasteiger partial charge in [0.2, 0.25) is 0 Å². The van der Waals surface area contributed by atoms with E-state index in [1.165, 1.54) is 70.6 Å². The molecule has 0 aliphatic carbocycles. The van der Waals surface area contributed by atoms with E-state index in [0.717, 1.165) is 18.5 Å². The van der Waals surface area contributed by atoms with Crippen LogP contribution >= 0.6 is 0 Å². The second-order valence-electron chi connectivity index (χ2n) is 6.08.